The highest BCUT2D eigenvalue weighted by molar-refractivity contribution is 7.99. The summed E-state index contributed by atoms with van der Waals surface area (Å²) in [4.78, 5) is 13.2. The quantitative estimate of drug-likeness (QED) is 0.573. The topological polar surface area (TPSA) is 123 Å². The minimum Gasteiger partial charge on any atom is -0.368 e. The zero-order valence-electron chi connectivity index (χ0n) is 18.0. The molecule has 0 spiro atoms. The molecular weight excluding hydrogens is 436 g/mol. The summed E-state index contributed by atoms with van der Waals surface area (Å²) in [5.74, 6) is 0.718. The van der Waals surface area contributed by atoms with Gasteiger partial charge in [-0.2, -0.15) is 4.31 Å². The molecule has 3 N–H and O–H groups in total. The molecule has 1 amide bonds. The maximum Gasteiger partial charge on any atom is 0.247 e. The number of nitrogens with zero attached hydrogens (tertiary/aromatic N) is 4. The SMILES string of the molecule is CCSc1nnc(N)n1C(CC)C(=O)Nc1ccc(S(=O)(=O)N2CCCCCC2)cc1. The van der Waals surface area contributed by atoms with Gasteiger partial charge in [0.2, 0.25) is 21.9 Å². The summed E-state index contributed by atoms with van der Waals surface area (Å²) in [7, 11) is -3.52. The van der Waals surface area contributed by atoms with Gasteiger partial charge in [-0.3, -0.25) is 9.36 Å². The van der Waals surface area contributed by atoms with Crippen molar-refractivity contribution in [2.45, 2.75) is 62.0 Å². The van der Waals surface area contributed by atoms with Crippen LogP contribution in [-0.2, 0) is 14.8 Å². The number of nitrogen functional groups attached to an aromatic ring is 1. The number of nitrogens with one attached hydrogen (secondary N) is 1. The molecule has 11 heteroatoms. The number of anilines is 2. The Morgan fingerprint density at radius 1 is 1.13 bits per heavy atom. The van der Waals surface area contributed by atoms with Crippen molar-refractivity contribution >= 4 is 39.3 Å². The minimum absolute atomic E-state index is 0.192. The van der Waals surface area contributed by atoms with Gasteiger partial charge in [0.25, 0.3) is 0 Å². The van der Waals surface area contributed by atoms with Crippen LogP contribution in [0.5, 0.6) is 0 Å². The molecule has 1 aromatic heterocycles. The van der Waals surface area contributed by atoms with Crippen molar-refractivity contribution in [1.29, 1.82) is 0 Å². The monoisotopic (exact) mass is 466 g/mol. The predicted molar refractivity (Wildman–Crippen MR) is 122 cm³/mol. The molecule has 170 valence electrons. The van der Waals surface area contributed by atoms with Crippen LogP contribution in [0.15, 0.2) is 34.3 Å². The van der Waals surface area contributed by atoms with Crippen LogP contribution in [0.3, 0.4) is 0 Å². The largest absolute Gasteiger partial charge is 0.368 e. The van der Waals surface area contributed by atoms with E-state index in [1.807, 2.05) is 13.8 Å². The lowest BCUT2D eigenvalue weighted by molar-refractivity contribution is -0.119. The smallest absolute Gasteiger partial charge is 0.247 e. The number of carbonyl (C=O) groups excluding carboxylic acids is 1. The summed E-state index contributed by atoms with van der Waals surface area (Å²) in [6.45, 7) is 4.98. The highest BCUT2D eigenvalue weighted by Crippen LogP contribution is 2.27. The highest BCUT2D eigenvalue weighted by Gasteiger charge is 2.26. The van der Waals surface area contributed by atoms with Crippen molar-refractivity contribution < 1.29 is 13.2 Å². The molecule has 1 unspecified atom stereocenters. The van der Waals surface area contributed by atoms with Crippen LogP contribution in [-0.4, -0.2) is 52.2 Å². The molecule has 2 heterocycles. The van der Waals surface area contributed by atoms with Crippen molar-refractivity contribution in [1.82, 2.24) is 19.1 Å². The summed E-state index contributed by atoms with van der Waals surface area (Å²) in [6.07, 6.45) is 4.40. The van der Waals surface area contributed by atoms with E-state index in [0.717, 1.165) is 31.4 Å². The van der Waals surface area contributed by atoms with Gasteiger partial charge < -0.3 is 11.1 Å². The lowest BCUT2D eigenvalue weighted by Crippen LogP contribution is -2.32. The van der Waals surface area contributed by atoms with Crippen molar-refractivity contribution in [3.8, 4) is 0 Å². The van der Waals surface area contributed by atoms with Crippen LogP contribution < -0.4 is 11.1 Å². The van der Waals surface area contributed by atoms with Gasteiger partial charge in [-0.1, -0.05) is 38.5 Å². The van der Waals surface area contributed by atoms with Crippen LogP contribution in [0.4, 0.5) is 11.6 Å². The predicted octanol–water partition coefficient (Wildman–Crippen LogP) is 3.13. The third-order valence-corrected chi connectivity index (χ3v) is 8.03. The number of rotatable bonds is 8. The summed E-state index contributed by atoms with van der Waals surface area (Å²) in [5, 5.41) is 11.4. The first kappa shape index (κ1) is 23.6. The van der Waals surface area contributed by atoms with Gasteiger partial charge in [-0.15, -0.1) is 10.2 Å². The van der Waals surface area contributed by atoms with Gasteiger partial charge >= 0.3 is 0 Å². The zero-order chi connectivity index (χ0) is 22.4. The van der Waals surface area contributed by atoms with Gasteiger partial charge in [0, 0.05) is 18.8 Å². The van der Waals surface area contributed by atoms with Gasteiger partial charge in [0.05, 0.1) is 4.90 Å². The molecular formula is C20H30N6O3S2. The molecule has 1 atom stereocenters. The molecule has 0 aliphatic carbocycles. The summed E-state index contributed by atoms with van der Waals surface area (Å²) >= 11 is 1.47. The fourth-order valence-corrected chi connectivity index (χ4v) is 5.89. The number of benzene rings is 1. The van der Waals surface area contributed by atoms with Gasteiger partial charge in [-0.05, 0) is 49.3 Å². The molecule has 1 saturated heterocycles. The molecule has 0 bridgehead atoms. The van der Waals surface area contributed by atoms with E-state index in [0.29, 0.717) is 30.4 Å². The van der Waals surface area contributed by atoms with Crippen molar-refractivity contribution in [2.75, 3.05) is 29.9 Å². The lowest BCUT2D eigenvalue weighted by atomic mass is 10.2. The first-order valence-corrected chi connectivity index (χ1v) is 13.0. The van der Waals surface area contributed by atoms with E-state index in [9.17, 15) is 13.2 Å². The summed E-state index contributed by atoms with van der Waals surface area (Å²) < 4.78 is 29.0. The number of nitrogens with two attached hydrogens (primary N) is 1. The number of sulfonamides is 1. The summed E-state index contributed by atoms with van der Waals surface area (Å²) in [6, 6.07) is 5.76. The van der Waals surface area contributed by atoms with Gasteiger partial charge in [0.1, 0.15) is 6.04 Å². The second-order valence-corrected chi connectivity index (χ2v) is 10.6. The van der Waals surface area contributed by atoms with Crippen molar-refractivity contribution in [3.05, 3.63) is 24.3 Å². The first-order valence-electron chi connectivity index (χ1n) is 10.6. The average molecular weight is 467 g/mol. The van der Waals surface area contributed by atoms with Crippen LogP contribution in [0.2, 0.25) is 0 Å². The number of aromatic nitrogens is 3. The highest BCUT2D eigenvalue weighted by atomic mass is 32.2. The molecule has 2 aromatic rings. The molecule has 1 aliphatic heterocycles. The summed E-state index contributed by atoms with van der Waals surface area (Å²) in [5.41, 5.74) is 6.48. The molecule has 9 nitrogen and oxygen atoms in total. The average Bonchev–Trinajstić information content (AvgIpc) is 2.96. The molecule has 1 fully saturated rings. The zero-order valence-corrected chi connectivity index (χ0v) is 19.6. The Bertz CT molecular complexity index is 983. The van der Waals surface area contributed by atoms with E-state index in [2.05, 4.69) is 15.5 Å². The Morgan fingerprint density at radius 2 is 1.77 bits per heavy atom. The normalized spacial score (nSPS) is 16.6. The molecule has 1 aliphatic rings. The Balaban J connectivity index is 1.74. The number of thioether (sulfide) groups is 1. The van der Waals surface area contributed by atoms with E-state index in [4.69, 9.17) is 5.73 Å². The number of hydrogen-bond acceptors (Lipinski definition) is 7. The van der Waals surface area contributed by atoms with Gasteiger partial charge in [0.15, 0.2) is 5.16 Å². The van der Waals surface area contributed by atoms with Crippen LogP contribution in [0.1, 0.15) is 52.0 Å². The third kappa shape index (κ3) is 5.39. The maximum atomic E-state index is 12.9. The van der Waals surface area contributed by atoms with E-state index < -0.39 is 16.1 Å². The number of amides is 1. The standard InChI is InChI=1S/C20H30N6O3S2/c1-3-17(26-19(21)23-24-20(26)30-4-2)18(27)22-15-9-11-16(12-10-15)31(28,29)25-13-7-5-6-8-14-25/h9-12,17H,3-8,13-14H2,1-2H3,(H2,21,23)(H,22,27). The van der Waals surface area contributed by atoms with Crippen LogP contribution in [0, 0.1) is 0 Å². The molecule has 1 aromatic carbocycles. The second kappa shape index (κ2) is 10.5. The van der Waals surface area contributed by atoms with Gasteiger partial charge in [-0.25, -0.2) is 8.42 Å². The molecule has 0 radical (unpaired) electrons. The molecule has 3 rings (SSSR count). The lowest BCUT2D eigenvalue weighted by Gasteiger charge is -2.21. The van der Waals surface area contributed by atoms with E-state index in [1.165, 1.54) is 11.8 Å². The fourth-order valence-electron chi connectivity index (χ4n) is 3.66. The van der Waals surface area contributed by atoms with E-state index in [-0.39, 0.29) is 16.8 Å². The Kier molecular flexibility index (Phi) is 7.95. The van der Waals surface area contributed by atoms with Crippen LogP contribution in [0.25, 0.3) is 0 Å². The first-order chi connectivity index (χ1) is 14.9. The second-order valence-electron chi connectivity index (χ2n) is 7.40. The Hall–Kier alpha value is -2.11. The number of hydrogen-bond donors (Lipinski definition) is 2. The van der Waals surface area contributed by atoms with E-state index >= 15 is 0 Å². The third-order valence-electron chi connectivity index (χ3n) is 5.29. The fraction of sp³-hybridized carbons (Fsp3) is 0.550. The van der Waals surface area contributed by atoms with Crippen molar-refractivity contribution in [3.63, 3.8) is 0 Å². The Labute approximate surface area is 187 Å². The molecule has 31 heavy (non-hydrogen) atoms. The van der Waals surface area contributed by atoms with Crippen LogP contribution >= 0.6 is 11.8 Å². The van der Waals surface area contributed by atoms with E-state index in [1.54, 1.807) is 33.1 Å². The molecule has 0 saturated carbocycles. The maximum absolute atomic E-state index is 12.9. The number of carbonyl (C=O) groups is 1. The minimum atomic E-state index is -3.52. The Morgan fingerprint density at radius 3 is 2.35 bits per heavy atom. The van der Waals surface area contributed by atoms with Crippen molar-refractivity contribution in [2.24, 2.45) is 0 Å².